The molecule has 274 valence electrons. The zero-order chi connectivity index (χ0) is 34.6. The summed E-state index contributed by atoms with van der Waals surface area (Å²) >= 11 is 1.52. The first-order valence-electron chi connectivity index (χ1n) is 16.7. The number of benzene rings is 2. The molecule has 0 aliphatic carbocycles. The van der Waals surface area contributed by atoms with Gasteiger partial charge in [-0.15, -0.1) is 10.2 Å². The van der Waals surface area contributed by atoms with Crippen LogP contribution in [0.15, 0.2) is 52.7 Å². The largest absolute Gasteiger partial charge is 0.394 e. The van der Waals surface area contributed by atoms with E-state index < -0.39 is 0 Å². The Labute approximate surface area is 292 Å². The minimum absolute atomic E-state index is 0.0120. The van der Waals surface area contributed by atoms with E-state index in [1.807, 2.05) is 49.4 Å². The molecule has 0 aliphatic rings. The van der Waals surface area contributed by atoms with Gasteiger partial charge in [-0.2, -0.15) is 0 Å². The maximum atomic E-state index is 8.69. The lowest BCUT2D eigenvalue weighted by atomic mass is 10.2. The van der Waals surface area contributed by atoms with Gasteiger partial charge in [0.15, 0.2) is 0 Å². The monoisotopic (exact) mass is 708 g/mol. The molecule has 0 atom stereocenters. The van der Waals surface area contributed by atoms with Gasteiger partial charge >= 0.3 is 0 Å². The number of aryl methyl sites for hydroxylation is 1. The summed E-state index contributed by atoms with van der Waals surface area (Å²) < 4.78 is 45.1. The van der Waals surface area contributed by atoms with Crippen molar-refractivity contribution in [1.82, 2.24) is 4.98 Å². The second-order valence-electron chi connectivity index (χ2n) is 10.5. The van der Waals surface area contributed by atoms with Crippen molar-refractivity contribution < 1.29 is 48.1 Å². The molecule has 14 nitrogen and oxygen atoms in total. The zero-order valence-electron chi connectivity index (χ0n) is 28.5. The summed E-state index contributed by atoms with van der Waals surface area (Å²) in [5, 5.41) is 26.8. The van der Waals surface area contributed by atoms with E-state index in [1.165, 1.54) is 11.3 Å². The number of thiazole rings is 1. The van der Waals surface area contributed by atoms with Gasteiger partial charge in [0, 0.05) is 18.8 Å². The molecule has 0 spiro atoms. The molecule has 1 heterocycles. The standard InChI is InChI=1S/C34H52N4O10S/c1-29-3-2-4-32-33(29)35-34(49-32)37-36-30-5-7-31(8-6-30)38(9-13-41-17-21-45-25-27-47-23-19-43-15-11-39)10-14-42-18-22-46-26-28-48-24-20-44-16-12-40/h2-8,39-40H,9-28H2,1H3. The Kier molecular flexibility index (Phi) is 22.5. The van der Waals surface area contributed by atoms with Gasteiger partial charge in [-0.05, 0) is 42.8 Å². The van der Waals surface area contributed by atoms with Crippen molar-refractivity contribution >= 4 is 38.1 Å². The van der Waals surface area contributed by atoms with Gasteiger partial charge in [0.05, 0.1) is 135 Å². The third-order valence-electron chi connectivity index (χ3n) is 6.79. The van der Waals surface area contributed by atoms with Crippen LogP contribution in [0.4, 0.5) is 16.5 Å². The number of anilines is 1. The van der Waals surface area contributed by atoms with E-state index in [0.717, 1.165) is 27.2 Å². The number of hydrogen-bond acceptors (Lipinski definition) is 15. The van der Waals surface area contributed by atoms with Crippen LogP contribution in [0.2, 0.25) is 0 Å². The molecule has 3 rings (SSSR count). The second-order valence-corrected chi connectivity index (χ2v) is 11.5. The van der Waals surface area contributed by atoms with Crippen molar-refractivity contribution in [2.75, 3.05) is 137 Å². The van der Waals surface area contributed by atoms with E-state index in [9.17, 15) is 0 Å². The summed E-state index contributed by atoms with van der Waals surface area (Å²) in [6.07, 6.45) is 0. The molecule has 3 aromatic rings. The van der Waals surface area contributed by atoms with Gasteiger partial charge in [0.25, 0.3) is 0 Å². The van der Waals surface area contributed by atoms with Crippen LogP contribution in [0.3, 0.4) is 0 Å². The summed E-state index contributed by atoms with van der Waals surface area (Å²) in [4.78, 5) is 6.82. The van der Waals surface area contributed by atoms with Gasteiger partial charge in [-0.3, -0.25) is 0 Å². The lowest BCUT2D eigenvalue weighted by Gasteiger charge is -2.25. The summed E-state index contributed by atoms with van der Waals surface area (Å²) in [5.41, 5.74) is 3.85. The quantitative estimate of drug-likeness (QED) is 0.0735. The molecule has 0 unspecified atom stereocenters. The minimum atomic E-state index is 0.0120. The zero-order valence-corrected chi connectivity index (χ0v) is 29.4. The maximum Gasteiger partial charge on any atom is 0.231 e. The lowest BCUT2D eigenvalue weighted by Crippen LogP contribution is -2.31. The molecule has 15 heteroatoms. The number of hydrogen-bond donors (Lipinski definition) is 2. The maximum absolute atomic E-state index is 8.69. The molecule has 0 aliphatic heterocycles. The number of rotatable bonds is 31. The number of para-hydroxylation sites is 1. The average Bonchev–Trinajstić information content (AvgIpc) is 3.55. The van der Waals surface area contributed by atoms with Gasteiger partial charge in [0.1, 0.15) is 0 Å². The third kappa shape index (κ3) is 18.2. The number of aliphatic hydroxyl groups is 2. The first-order chi connectivity index (χ1) is 24.2. The Balaban J connectivity index is 1.38. The van der Waals surface area contributed by atoms with Crippen LogP contribution in [-0.4, -0.2) is 147 Å². The highest BCUT2D eigenvalue weighted by Crippen LogP contribution is 2.31. The highest BCUT2D eigenvalue weighted by atomic mass is 32.1. The van der Waals surface area contributed by atoms with E-state index in [1.54, 1.807) is 0 Å². The van der Waals surface area contributed by atoms with Gasteiger partial charge in [-0.25, -0.2) is 4.98 Å². The van der Waals surface area contributed by atoms with Crippen molar-refractivity contribution in [2.45, 2.75) is 6.92 Å². The summed E-state index contributed by atoms with van der Waals surface area (Å²) in [7, 11) is 0. The van der Waals surface area contributed by atoms with Crippen LogP contribution in [-0.2, 0) is 37.9 Å². The Morgan fingerprint density at radius 2 is 1.02 bits per heavy atom. The summed E-state index contributed by atoms with van der Waals surface area (Å²) in [6.45, 7) is 10.8. The van der Waals surface area contributed by atoms with E-state index in [0.29, 0.717) is 124 Å². The van der Waals surface area contributed by atoms with Gasteiger partial charge in [0.2, 0.25) is 5.13 Å². The molecule has 0 amide bonds. The summed E-state index contributed by atoms with van der Waals surface area (Å²) in [6, 6.07) is 14.0. The average molecular weight is 709 g/mol. The highest BCUT2D eigenvalue weighted by Gasteiger charge is 2.08. The Bertz CT molecular complexity index is 1240. The smallest absolute Gasteiger partial charge is 0.231 e. The van der Waals surface area contributed by atoms with E-state index in [2.05, 4.69) is 20.1 Å². The van der Waals surface area contributed by atoms with Crippen molar-refractivity contribution in [1.29, 1.82) is 0 Å². The number of nitrogens with zero attached hydrogens (tertiary/aromatic N) is 4. The molecule has 0 fully saturated rings. The Morgan fingerprint density at radius 1 is 0.571 bits per heavy atom. The molecular formula is C34H52N4O10S. The first-order valence-corrected chi connectivity index (χ1v) is 17.5. The number of ether oxygens (including phenoxy) is 8. The van der Waals surface area contributed by atoms with Crippen molar-refractivity contribution in [2.24, 2.45) is 10.2 Å². The van der Waals surface area contributed by atoms with Gasteiger partial charge in [-0.1, -0.05) is 23.5 Å². The fourth-order valence-electron chi connectivity index (χ4n) is 4.32. The van der Waals surface area contributed by atoms with Gasteiger partial charge < -0.3 is 53.0 Å². The van der Waals surface area contributed by atoms with Crippen LogP contribution in [0.5, 0.6) is 0 Å². The molecule has 1 aromatic heterocycles. The lowest BCUT2D eigenvalue weighted by molar-refractivity contribution is -0.00591. The number of aromatic nitrogens is 1. The van der Waals surface area contributed by atoms with Crippen LogP contribution in [0, 0.1) is 6.92 Å². The third-order valence-corrected chi connectivity index (χ3v) is 7.69. The van der Waals surface area contributed by atoms with Crippen LogP contribution < -0.4 is 4.90 Å². The summed E-state index contributed by atoms with van der Waals surface area (Å²) in [5.74, 6) is 0. The highest BCUT2D eigenvalue weighted by molar-refractivity contribution is 7.21. The SMILES string of the molecule is Cc1cccc2sc(N=Nc3ccc(N(CCOCCOCCOCCOCCO)CCOCCOCCOCCOCCO)cc3)nc12. The van der Waals surface area contributed by atoms with E-state index >= 15 is 0 Å². The molecule has 49 heavy (non-hydrogen) atoms. The Hall–Kier alpha value is -2.67. The first kappa shape index (κ1) is 40.8. The van der Waals surface area contributed by atoms with E-state index in [4.69, 9.17) is 48.1 Å². The predicted octanol–water partition coefficient (Wildman–Crippen LogP) is 3.94. The molecular weight excluding hydrogens is 656 g/mol. The normalized spacial score (nSPS) is 11.7. The van der Waals surface area contributed by atoms with Crippen LogP contribution in [0.1, 0.15) is 5.56 Å². The number of aliphatic hydroxyl groups excluding tert-OH is 2. The Morgan fingerprint density at radius 3 is 1.47 bits per heavy atom. The molecule has 0 saturated carbocycles. The number of azo groups is 1. The van der Waals surface area contributed by atoms with Crippen LogP contribution in [0.25, 0.3) is 10.2 Å². The minimum Gasteiger partial charge on any atom is -0.394 e. The molecule has 0 saturated heterocycles. The molecule has 2 aromatic carbocycles. The fraction of sp³-hybridized carbons (Fsp3) is 0.618. The van der Waals surface area contributed by atoms with Crippen molar-refractivity contribution in [3.63, 3.8) is 0 Å². The molecule has 0 bridgehead atoms. The fourth-order valence-corrected chi connectivity index (χ4v) is 5.19. The topological polar surface area (TPSA) is 155 Å². The predicted molar refractivity (Wildman–Crippen MR) is 188 cm³/mol. The second kappa shape index (κ2) is 27.1. The molecule has 0 radical (unpaired) electrons. The number of fused-ring (bicyclic) bond motifs is 1. The van der Waals surface area contributed by atoms with Crippen molar-refractivity contribution in [3.05, 3.63) is 48.0 Å². The van der Waals surface area contributed by atoms with Crippen molar-refractivity contribution in [3.8, 4) is 0 Å². The molecule has 2 N–H and O–H groups in total. The van der Waals surface area contributed by atoms with E-state index in [-0.39, 0.29) is 13.2 Å². The van der Waals surface area contributed by atoms with Crippen LogP contribution >= 0.6 is 11.3 Å².